The van der Waals surface area contributed by atoms with Crippen molar-refractivity contribution in [3.8, 4) is 6.07 Å². The predicted molar refractivity (Wildman–Crippen MR) is 72.2 cm³/mol. The van der Waals surface area contributed by atoms with E-state index in [2.05, 4.69) is 10.3 Å². The SMILES string of the molecule is CCNc1cc(C(=O)N(C)CCC#N)c([N+](=O)[O-])cn1. The lowest BCUT2D eigenvalue weighted by atomic mass is 10.2. The molecule has 0 bridgehead atoms. The molecule has 0 radical (unpaired) electrons. The normalized spacial score (nSPS) is 9.65. The van der Waals surface area contributed by atoms with Crippen LogP contribution >= 0.6 is 0 Å². The summed E-state index contributed by atoms with van der Waals surface area (Å²) in [5, 5.41) is 22.4. The molecule has 20 heavy (non-hydrogen) atoms. The Balaban J connectivity index is 3.12. The molecule has 0 aliphatic rings. The van der Waals surface area contributed by atoms with Gasteiger partial charge in [0.05, 0.1) is 17.4 Å². The number of nitro groups is 1. The van der Waals surface area contributed by atoms with Gasteiger partial charge in [-0.15, -0.1) is 0 Å². The van der Waals surface area contributed by atoms with Crippen molar-refractivity contribution in [2.24, 2.45) is 0 Å². The Morgan fingerprint density at radius 1 is 1.65 bits per heavy atom. The van der Waals surface area contributed by atoms with Crippen LogP contribution in [0.2, 0.25) is 0 Å². The molecule has 0 aliphatic carbocycles. The van der Waals surface area contributed by atoms with Gasteiger partial charge in [-0.2, -0.15) is 5.26 Å². The zero-order chi connectivity index (χ0) is 15.1. The Morgan fingerprint density at radius 2 is 2.35 bits per heavy atom. The lowest BCUT2D eigenvalue weighted by Crippen LogP contribution is -2.28. The summed E-state index contributed by atoms with van der Waals surface area (Å²) in [5.74, 6) is -0.108. The molecule has 0 spiro atoms. The maximum absolute atomic E-state index is 12.2. The van der Waals surface area contributed by atoms with E-state index in [-0.39, 0.29) is 24.2 Å². The van der Waals surface area contributed by atoms with Gasteiger partial charge in [0.15, 0.2) is 0 Å². The van der Waals surface area contributed by atoms with E-state index in [9.17, 15) is 14.9 Å². The monoisotopic (exact) mass is 277 g/mol. The Kier molecular flexibility index (Phi) is 5.41. The number of amides is 1. The molecule has 106 valence electrons. The molecule has 1 aromatic rings. The number of nitrogens with one attached hydrogen (secondary N) is 1. The third kappa shape index (κ3) is 3.65. The van der Waals surface area contributed by atoms with Gasteiger partial charge < -0.3 is 10.2 Å². The number of aromatic nitrogens is 1. The summed E-state index contributed by atoms with van der Waals surface area (Å²) < 4.78 is 0. The summed E-state index contributed by atoms with van der Waals surface area (Å²) in [5.41, 5.74) is -0.387. The van der Waals surface area contributed by atoms with Crippen molar-refractivity contribution in [1.82, 2.24) is 9.88 Å². The van der Waals surface area contributed by atoms with E-state index in [0.717, 1.165) is 6.20 Å². The first-order valence-electron chi connectivity index (χ1n) is 6.02. The molecule has 1 rings (SSSR count). The van der Waals surface area contributed by atoms with Crippen LogP contribution in [0.1, 0.15) is 23.7 Å². The summed E-state index contributed by atoms with van der Waals surface area (Å²) in [7, 11) is 1.50. The summed E-state index contributed by atoms with van der Waals surface area (Å²) in [6, 6.07) is 3.28. The van der Waals surface area contributed by atoms with Gasteiger partial charge in [0, 0.05) is 26.2 Å². The predicted octanol–water partition coefficient (Wildman–Crippen LogP) is 1.41. The molecule has 1 N–H and O–H groups in total. The molecule has 0 unspecified atom stereocenters. The molecule has 1 aromatic heterocycles. The van der Waals surface area contributed by atoms with E-state index in [0.29, 0.717) is 12.4 Å². The van der Waals surface area contributed by atoms with Crippen LogP contribution in [0.25, 0.3) is 0 Å². The van der Waals surface area contributed by atoms with Crippen molar-refractivity contribution >= 4 is 17.4 Å². The molecule has 1 heterocycles. The zero-order valence-electron chi connectivity index (χ0n) is 11.3. The van der Waals surface area contributed by atoms with Crippen molar-refractivity contribution in [3.05, 3.63) is 27.9 Å². The number of nitriles is 1. The lowest BCUT2D eigenvalue weighted by molar-refractivity contribution is -0.385. The highest BCUT2D eigenvalue weighted by molar-refractivity contribution is 5.98. The first-order chi connectivity index (χ1) is 9.51. The van der Waals surface area contributed by atoms with Crippen LogP contribution in [-0.4, -0.2) is 40.9 Å². The average molecular weight is 277 g/mol. The molecule has 0 aliphatic heterocycles. The Bertz CT molecular complexity index is 553. The quantitative estimate of drug-likeness (QED) is 0.621. The topological polar surface area (TPSA) is 112 Å². The number of rotatable bonds is 6. The van der Waals surface area contributed by atoms with Crippen LogP contribution in [0.4, 0.5) is 11.5 Å². The highest BCUT2D eigenvalue weighted by Crippen LogP contribution is 2.21. The molecule has 0 atom stereocenters. The minimum Gasteiger partial charge on any atom is -0.370 e. The van der Waals surface area contributed by atoms with Crippen molar-refractivity contribution in [2.75, 3.05) is 25.5 Å². The Morgan fingerprint density at radius 3 is 2.90 bits per heavy atom. The molecule has 0 aromatic carbocycles. The molecular weight excluding hydrogens is 262 g/mol. The van der Waals surface area contributed by atoms with Gasteiger partial charge in [-0.05, 0) is 6.92 Å². The van der Waals surface area contributed by atoms with Crippen LogP contribution in [0.5, 0.6) is 0 Å². The van der Waals surface area contributed by atoms with Crippen LogP contribution < -0.4 is 5.32 Å². The fourth-order valence-electron chi connectivity index (χ4n) is 1.57. The highest BCUT2D eigenvalue weighted by Gasteiger charge is 2.24. The minimum atomic E-state index is -0.645. The smallest absolute Gasteiger partial charge is 0.300 e. The first-order valence-corrected chi connectivity index (χ1v) is 6.02. The Labute approximate surface area is 116 Å². The molecular formula is C12H15N5O3. The van der Waals surface area contributed by atoms with Gasteiger partial charge >= 0.3 is 0 Å². The fourth-order valence-corrected chi connectivity index (χ4v) is 1.57. The van der Waals surface area contributed by atoms with Crippen LogP contribution in [0.15, 0.2) is 12.3 Å². The van der Waals surface area contributed by atoms with Gasteiger partial charge in [-0.1, -0.05) is 0 Å². The van der Waals surface area contributed by atoms with Crippen LogP contribution in [-0.2, 0) is 0 Å². The zero-order valence-corrected chi connectivity index (χ0v) is 11.3. The average Bonchev–Trinajstić information content (AvgIpc) is 2.43. The van der Waals surface area contributed by atoms with Crippen LogP contribution in [0, 0.1) is 21.4 Å². The summed E-state index contributed by atoms with van der Waals surface area (Å²) in [6.07, 6.45) is 1.23. The third-order valence-corrected chi connectivity index (χ3v) is 2.57. The second-order valence-electron chi connectivity index (χ2n) is 4.01. The second-order valence-corrected chi connectivity index (χ2v) is 4.01. The maximum Gasteiger partial charge on any atom is 0.300 e. The lowest BCUT2D eigenvalue weighted by Gasteiger charge is -2.15. The van der Waals surface area contributed by atoms with Gasteiger partial charge in [-0.3, -0.25) is 14.9 Å². The van der Waals surface area contributed by atoms with Crippen LogP contribution in [0.3, 0.4) is 0 Å². The fraction of sp³-hybridized carbons (Fsp3) is 0.417. The van der Waals surface area contributed by atoms with Crippen molar-refractivity contribution in [2.45, 2.75) is 13.3 Å². The van der Waals surface area contributed by atoms with Gasteiger partial charge in [0.2, 0.25) is 0 Å². The van der Waals surface area contributed by atoms with Crippen molar-refractivity contribution in [1.29, 1.82) is 5.26 Å². The number of carbonyl (C=O) groups is 1. The van der Waals surface area contributed by atoms with Gasteiger partial charge in [-0.25, -0.2) is 4.98 Å². The molecule has 1 amide bonds. The van der Waals surface area contributed by atoms with E-state index in [1.807, 2.05) is 13.0 Å². The molecule has 8 heteroatoms. The van der Waals surface area contributed by atoms with Gasteiger partial charge in [0.25, 0.3) is 11.6 Å². The molecule has 0 saturated heterocycles. The molecule has 0 saturated carbocycles. The first kappa shape index (κ1) is 15.4. The van der Waals surface area contributed by atoms with E-state index >= 15 is 0 Å². The van der Waals surface area contributed by atoms with Gasteiger partial charge in [0.1, 0.15) is 17.6 Å². The standard InChI is InChI=1S/C12H15N5O3/c1-3-14-11-7-9(10(8-15-11)17(19)20)12(18)16(2)6-4-5-13/h7-8H,3-4,6H2,1-2H3,(H,14,15). The third-order valence-electron chi connectivity index (χ3n) is 2.57. The minimum absolute atomic E-state index is 0.0404. The number of nitrogens with zero attached hydrogens (tertiary/aromatic N) is 4. The largest absolute Gasteiger partial charge is 0.370 e. The Hall–Kier alpha value is -2.69. The van der Waals surface area contributed by atoms with E-state index in [4.69, 9.17) is 5.26 Å². The number of hydrogen-bond acceptors (Lipinski definition) is 6. The summed E-state index contributed by atoms with van der Waals surface area (Å²) in [6.45, 7) is 2.65. The van der Waals surface area contributed by atoms with Crippen molar-refractivity contribution in [3.63, 3.8) is 0 Å². The summed E-state index contributed by atoms with van der Waals surface area (Å²) in [4.78, 5) is 27.7. The van der Waals surface area contributed by atoms with E-state index in [1.54, 1.807) is 0 Å². The maximum atomic E-state index is 12.2. The number of hydrogen-bond donors (Lipinski definition) is 1. The van der Waals surface area contributed by atoms with Crippen molar-refractivity contribution < 1.29 is 9.72 Å². The van der Waals surface area contributed by atoms with E-state index in [1.165, 1.54) is 18.0 Å². The summed E-state index contributed by atoms with van der Waals surface area (Å²) >= 11 is 0. The number of carbonyl (C=O) groups excluding carboxylic acids is 1. The highest BCUT2D eigenvalue weighted by atomic mass is 16.6. The molecule has 0 fully saturated rings. The number of pyridine rings is 1. The molecule has 8 nitrogen and oxygen atoms in total. The van der Waals surface area contributed by atoms with E-state index < -0.39 is 10.8 Å². The second kappa shape index (κ2) is 7.04. The number of anilines is 1.